The van der Waals surface area contributed by atoms with E-state index in [0.717, 1.165) is 41.3 Å². The van der Waals surface area contributed by atoms with Crippen molar-refractivity contribution in [1.82, 2.24) is 9.88 Å². The number of carbonyl (C=O) groups is 1. The lowest BCUT2D eigenvalue weighted by molar-refractivity contribution is 0.0950. The van der Waals surface area contributed by atoms with Crippen molar-refractivity contribution in [2.24, 2.45) is 5.92 Å². The quantitative estimate of drug-likeness (QED) is 0.153. The highest BCUT2D eigenvalue weighted by atomic mass is 16.5. The smallest absolute Gasteiger partial charge is 0.256 e. The Morgan fingerprint density at radius 2 is 1.70 bits per heavy atom. The van der Waals surface area contributed by atoms with Gasteiger partial charge in [-0.05, 0) is 60.7 Å². The summed E-state index contributed by atoms with van der Waals surface area (Å²) in [5.41, 5.74) is 2.67. The Labute approximate surface area is 256 Å². The van der Waals surface area contributed by atoms with Crippen LogP contribution < -0.4 is 20.8 Å². The topological polar surface area (TPSA) is 92.6 Å². The predicted octanol–water partition coefficient (Wildman–Crippen LogP) is 8.35. The van der Waals surface area contributed by atoms with Crippen LogP contribution in [-0.2, 0) is 0 Å². The maximum Gasteiger partial charge on any atom is 0.256 e. The highest BCUT2D eigenvalue weighted by Gasteiger charge is 2.28. The molecule has 0 spiro atoms. The minimum atomic E-state index is -0.565. The molecule has 7 nitrogen and oxygen atoms in total. The fourth-order valence-electron chi connectivity index (χ4n) is 5.32. The molecule has 0 saturated carbocycles. The number of aryl methyl sites for hydroxylation is 1. The van der Waals surface area contributed by atoms with Gasteiger partial charge in [-0.25, -0.2) is 0 Å². The molecule has 1 aromatic heterocycles. The molecule has 5 rings (SSSR count). The minimum Gasteiger partial charge on any atom is -0.451 e. The van der Waals surface area contributed by atoms with E-state index in [0.29, 0.717) is 47.1 Å². The number of pyridine rings is 1. The molecule has 0 aliphatic carbocycles. The normalized spacial score (nSPS) is 12.6. The number of aromatic nitrogens is 1. The Morgan fingerprint density at radius 3 is 2.35 bits per heavy atom. The number of unbranched alkanes of at least 4 members (excludes halogenated alkanes) is 1. The van der Waals surface area contributed by atoms with E-state index in [1.807, 2.05) is 75.6 Å². The molecule has 0 fully saturated rings. The lowest BCUT2D eigenvalue weighted by Crippen LogP contribution is -2.31. The van der Waals surface area contributed by atoms with Crippen molar-refractivity contribution in [1.29, 1.82) is 0 Å². The van der Waals surface area contributed by atoms with Crippen LogP contribution in [0.2, 0.25) is 0 Å². The summed E-state index contributed by atoms with van der Waals surface area (Å²) in [5, 5.41) is 18.7. The molecule has 4 aromatic rings. The first-order valence-electron chi connectivity index (χ1n) is 15.9. The lowest BCUT2D eigenvalue weighted by Gasteiger charge is -2.27. The molecule has 2 unspecified atom stereocenters. The van der Waals surface area contributed by atoms with Gasteiger partial charge in [0, 0.05) is 19.3 Å². The number of benzene rings is 3. The number of anilines is 1. The summed E-state index contributed by atoms with van der Waals surface area (Å²) in [6.07, 6.45) is 5.42. The molecule has 0 bridgehead atoms. The molecule has 1 aliphatic heterocycles. The number of carbonyl (C=O) groups excluding carboxylic acids is 1. The van der Waals surface area contributed by atoms with Crippen molar-refractivity contribution < 1.29 is 14.6 Å². The Kier molecular flexibility index (Phi) is 12.2. The minimum absolute atomic E-state index is 0.111. The van der Waals surface area contributed by atoms with Crippen LogP contribution in [0.15, 0.2) is 53.5 Å². The zero-order valence-electron chi connectivity index (χ0n) is 27.1. The largest absolute Gasteiger partial charge is 0.451 e. The number of amides is 1. The van der Waals surface area contributed by atoms with Gasteiger partial charge in [-0.15, -0.1) is 0 Å². The maximum atomic E-state index is 13.7. The lowest BCUT2D eigenvalue weighted by atomic mass is 10.0. The van der Waals surface area contributed by atoms with Crippen molar-refractivity contribution in [2.45, 2.75) is 87.2 Å². The van der Waals surface area contributed by atoms with Gasteiger partial charge in [-0.3, -0.25) is 9.59 Å². The number of fused-ring (bicyclic) bond motifs is 3. The average molecular weight is 588 g/mol. The van der Waals surface area contributed by atoms with Gasteiger partial charge in [0.05, 0.1) is 22.9 Å². The standard InChI is InChI=1S/C32H37N3O4.2C2H6/c1-5-6-9-19(2)12-13-33-32(38)25-18-35-26-15-22-10-7-8-11-23(22)16-27(26)39-31-28(34-17-21(4)36)20(3)14-24(29(31)35)30(25)37;2*1-2/h7-8,10-11,14-16,18-19,21,34,36H,5-6,9,12-13,17H2,1-4H3,(H,33,38);2*1-2H3. The van der Waals surface area contributed by atoms with Crippen LogP contribution in [-0.4, -0.2) is 34.8 Å². The van der Waals surface area contributed by atoms with E-state index in [9.17, 15) is 14.7 Å². The molecular formula is C36H49N3O4. The molecule has 0 radical (unpaired) electrons. The third-order valence-electron chi connectivity index (χ3n) is 7.53. The fourth-order valence-corrected chi connectivity index (χ4v) is 5.32. The highest BCUT2D eigenvalue weighted by molar-refractivity contribution is 6.02. The summed E-state index contributed by atoms with van der Waals surface area (Å²) in [7, 11) is 0. The zero-order chi connectivity index (χ0) is 31.7. The van der Waals surface area contributed by atoms with Crippen molar-refractivity contribution >= 4 is 33.3 Å². The predicted molar refractivity (Wildman–Crippen MR) is 180 cm³/mol. The molecule has 232 valence electrons. The number of ether oxygens (including phenoxy) is 1. The number of hydrogen-bond acceptors (Lipinski definition) is 5. The summed E-state index contributed by atoms with van der Waals surface area (Å²) in [4.78, 5) is 27.1. The molecule has 7 heteroatoms. The van der Waals surface area contributed by atoms with Crippen molar-refractivity contribution in [3.05, 3.63) is 70.0 Å². The molecule has 1 aliphatic rings. The second kappa shape index (κ2) is 15.6. The van der Waals surface area contributed by atoms with Gasteiger partial charge in [0.25, 0.3) is 5.91 Å². The van der Waals surface area contributed by atoms with Crippen LogP contribution in [0.1, 0.15) is 90.1 Å². The molecular weight excluding hydrogens is 538 g/mol. The first-order valence-corrected chi connectivity index (χ1v) is 15.9. The van der Waals surface area contributed by atoms with Gasteiger partial charge in [0.2, 0.25) is 5.43 Å². The Balaban J connectivity index is 0.00000121. The maximum absolute atomic E-state index is 13.7. The molecule has 2 atom stereocenters. The van der Waals surface area contributed by atoms with Crippen LogP contribution in [0, 0.1) is 12.8 Å². The van der Waals surface area contributed by atoms with Gasteiger partial charge in [-0.2, -0.15) is 0 Å². The molecule has 43 heavy (non-hydrogen) atoms. The van der Waals surface area contributed by atoms with E-state index < -0.39 is 6.10 Å². The number of nitrogens with zero attached hydrogens (tertiary/aromatic N) is 1. The fraction of sp³-hybridized carbons (Fsp3) is 0.444. The zero-order valence-corrected chi connectivity index (χ0v) is 27.1. The van der Waals surface area contributed by atoms with Gasteiger partial charge >= 0.3 is 0 Å². The number of hydrogen-bond donors (Lipinski definition) is 3. The van der Waals surface area contributed by atoms with Gasteiger partial charge in [-0.1, -0.05) is 85.1 Å². The highest BCUT2D eigenvalue weighted by Crippen LogP contribution is 2.46. The van der Waals surface area contributed by atoms with E-state index in [1.165, 1.54) is 6.42 Å². The van der Waals surface area contributed by atoms with E-state index in [1.54, 1.807) is 19.2 Å². The monoisotopic (exact) mass is 587 g/mol. The SMILES string of the molecule is CC.CC.CCCCC(C)CCNC(=O)c1cn2c3c(c(NCC(C)O)c(C)cc3c1=O)Oc1cc3ccccc3cc1-2. The van der Waals surface area contributed by atoms with Crippen LogP contribution in [0.3, 0.4) is 0 Å². The summed E-state index contributed by atoms with van der Waals surface area (Å²) in [5.74, 6) is 1.30. The summed E-state index contributed by atoms with van der Waals surface area (Å²) in [6.45, 7) is 16.8. The first-order chi connectivity index (χ1) is 20.8. The molecule has 2 heterocycles. The second-order valence-electron chi connectivity index (χ2n) is 10.8. The molecule has 3 N–H and O–H groups in total. The Bertz CT molecular complexity index is 1610. The number of rotatable bonds is 10. The summed E-state index contributed by atoms with van der Waals surface area (Å²) >= 11 is 0. The third kappa shape index (κ3) is 7.39. The van der Waals surface area contributed by atoms with Crippen LogP contribution >= 0.6 is 0 Å². The first kappa shape index (κ1) is 33.7. The number of aliphatic hydroxyl groups is 1. The molecule has 1 amide bonds. The average Bonchev–Trinajstić information content (AvgIpc) is 3.01. The van der Waals surface area contributed by atoms with Crippen molar-refractivity contribution in [3.8, 4) is 17.2 Å². The summed E-state index contributed by atoms with van der Waals surface area (Å²) in [6, 6.07) is 13.8. The number of aliphatic hydroxyl groups excluding tert-OH is 1. The Hall–Kier alpha value is -3.84. The van der Waals surface area contributed by atoms with E-state index in [2.05, 4.69) is 24.5 Å². The molecule has 0 saturated heterocycles. The van der Waals surface area contributed by atoms with E-state index in [-0.39, 0.29) is 16.9 Å². The van der Waals surface area contributed by atoms with Crippen LogP contribution in [0.5, 0.6) is 11.5 Å². The van der Waals surface area contributed by atoms with Crippen LogP contribution in [0.4, 0.5) is 5.69 Å². The summed E-state index contributed by atoms with van der Waals surface area (Å²) < 4.78 is 8.38. The third-order valence-corrected chi connectivity index (χ3v) is 7.53. The Morgan fingerprint density at radius 1 is 1.02 bits per heavy atom. The van der Waals surface area contributed by atoms with E-state index in [4.69, 9.17) is 4.74 Å². The van der Waals surface area contributed by atoms with Gasteiger partial charge < -0.3 is 25.0 Å². The van der Waals surface area contributed by atoms with Gasteiger partial charge in [0.1, 0.15) is 11.1 Å². The number of nitrogens with one attached hydrogen (secondary N) is 2. The van der Waals surface area contributed by atoms with Crippen LogP contribution in [0.25, 0.3) is 27.4 Å². The van der Waals surface area contributed by atoms with Crippen molar-refractivity contribution in [3.63, 3.8) is 0 Å². The second-order valence-corrected chi connectivity index (χ2v) is 10.8. The van der Waals surface area contributed by atoms with E-state index >= 15 is 0 Å². The molecule has 3 aromatic carbocycles. The van der Waals surface area contributed by atoms with Gasteiger partial charge in [0.15, 0.2) is 11.5 Å². The van der Waals surface area contributed by atoms with Crippen molar-refractivity contribution in [2.75, 3.05) is 18.4 Å².